The molecule has 3 aromatic rings. The van der Waals surface area contributed by atoms with Gasteiger partial charge in [0.2, 0.25) is 0 Å². The van der Waals surface area contributed by atoms with Crippen LogP contribution in [0.5, 0.6) is 0 Å². The van der Waals surface area contributed by atoms with Crippen molar-refractivity contribution >= 4 is 16.8 Å². The summed E-state index contributed by atoms with van der Waals surface area (Å²) in [6, 6.07) is 18.3. The van der Waals surface area contributed by atoms with E-state index in [4.69, 9.17) is 0 Å². The number of carbonyl (C=O) groups excluding carboxylic acids is 1. The van der Waals surface area contributed by atoms with Crippen LogP contribution in [-0.2, 0) is 6.42 Å². The number of benzene rings is 2. The van der Waals surface area contributed by atoms with E-state index in [2.05, 4.69) is 46.4 Å². The Labute approximate surface area is 154 Å². The molecule has 2 aromatic carbocycles. The van der Waals surface area contributed by atoms with Crippen LogP contribution < -0.4 is 5.32 Å². The lowest BCUT2D eigenvalue weighted by molar-refractivity contribution is 0.0943. The third-order valence-corrected chi connectivity index (χ3v) is 4.73. The second-order valence-electron chi connectivity index (χ2n) is 6.67. The molecule has 26 heavy (non-hydrogen) atoms. The summed E-state index contributed by atoms with van der Waals surface area (Å²) in [5.41, 5.74) is 3.86. The van der Waals surface area contributed by atoms with Crippen molar-refractivity contribution < 1.29 is 4.79 Å². The van der Waals surface area contributed by atoms with Crippen LogP contribution >= 0.6 is 0 Å². The van der Waals surface area contributed by atoms with Gasteiger partial charge in [0, 0.05) is 18.1 Å². The molecule has 1 N–H and O–H groups in total. The van der Waals surface area contributed by atoms with Crippen LogP contribution in [0.15, 0.2) is 60.8 Å². The number of hydrogen-bond acceptors (Lipinski definition) is 3. The highest BCUT2D eigenvalue weighted by Gasteiger charge is 2.17. The molecule has 0 spiro atoms. The fourth-order valence-electron chi connectivity index (χ4n) is 3.15. The van der Waals surface area contributed by atoms with Crippen LogP contribution in [-0.4, -0.2) is 36.4 Å². The third kappa shape index (κ3) is 3.92. The molecule has 0 saturated heterocycles. The van der Waals surface area contributed by atoms with Gasteiger partial charge in [-0.15, -0.1) is 0 Å². The highest BCUT2D eigenvalue weighted by Crippen LogP contribution is 2.20. The van der Waals surface area contributed by atoms with E-state index in [-0.39, 0.29) is 11.9 Å². The maximum atomic E-state index is 12.7. The number of rotatable bonds is 6. The number of fused-ring (bicyclic) bond motifs is 1. The third-order valence-electron chi connectivity index (χ3n) is 4.73. The minimum Gasteiger partial charge on any atom is -0.350 e. The summed E-state index contributed by atoms with van der Waals surface area (Å²) in [4.78, 5) is 19.2. The van der Waals surface area contributed by atoms with E-state index in [1.165, 1.54) is 11.1 Å². The average molecular weight is 347 g/mol. The number of pyridine rings is 1. The van der Waals surface area contributed by atoms with Crippen molar-refractivity contribution in [2.45, 2.75) is 19.4 Å². The zero-order valence-electron chi connectivity index (χ0n) is 15.6. The largest absolute Gasteiger partial charge is 0.350 e. The first kappa shape index (κ1) is 18.1. The molecular formula is C22H25N3O. The Morgan fingerprint density at radius 3 is 2.50 bits per heavy atom. The minimum absolute atomic E-state index is 0.0914. The summed E-state index contributed by atoms with van der Waals surface area (Å²) < 4.78 is 0. The highest BCUT2D eigenvalue weighted by atomic mass is 16.1. The Bertz CT molecular complexity index is 882. The molecule has 0 aliphatic heterocycles. The van der Waals surface area contributed by atoms with Crippen LogP contribution in [0.2, 0.25) is 0 Å². The second-order valence-corrected chi connectivity index (χ2v) is 6.67. The van der Waals surface area contributed by atoms with Gasteiger partial charge in [-0.25, -0.2) is 0 Å². The van der Waals surface area contributed by atoms with Gasteiger partial charge in [-0.05, 0) is 43.8 Å². The molecule has 3 rings (SSSR count). The van der Waals surface area contributed by atoms with E-state index in [9.17, 15) is 4.79 Å². The number of aromatic nitrogens is 1. The van der Waals surface area contributed by atoms with Crippen molar-refractivity contribution in [2.75, 3.05) is 20.6 Å². The van der Waals surface area contributed by atoms with Gasteiger partial charge in [0.1, 0.15) is 0 Å². The average Bonchev–Trinajstić information content (AvgIpc) is 2.67. The maximum Gasteiger partial charge on any atom is 0.253 e. The lowest BCUT2D eigenvalue weighted by Crippen LogP contribution is -2.34. The molecule has 0 aliphatic rings. The molecule has 1 aromatic heterocycles. The molecule has 1 heterocycles. The van der Waals surface area contributed by atoms with Crippen LogP contribution in [0.3, 0.4) is 0 Å². The molecule has 4 nitrogen and oxygen atoms in total. The standard InChI is InChI=1S/C22H25N3O/c1-4-16-10-12-17(13-11-16)20(25(2)3)15-24-22(26)19-9-5-7-18-8-6-14-23-21(18)19/h5-14,20H,4,15H2,1-3H3,(H,24,26)/t20-/m1/s1. The molecule has 1 amide bonds. The molecule has 0 aliphatic carbocycles. The molecule has 0 unspecified atom stereocenters. The van der Waals surface area contributed by atoms with E-state index in [1.807, 2.05) is 44.4 Å². The van der Waals surface area contributed by atoms with Crippen molar-refractivity contribution in [1.82, 2.24) is 15.2 Å². The van der Waals surface area contributed by atoms with Crippen LogP contribution in [0.4, 0.5) is 0 Å². The van der Waals surface area contributed by atoms with Crippen LogP contribution in [0.25, 0.3) is 10.9 Å². The Balaban J connectivity index is 1.77. The SMILES string of the molecule is CCc1ccc([C@@H](CNC(=O)c2cccc3cccnc23)N(C)C)cc1. The zero-order chi connectivity index (χ0) is 18.5. The molecule has 1 atom stereocenters. The number of nitrogens with one attached hydrogen (secondary N) is 1. The van der Waals surface area contributed by atoms with Gasteiger partial charge in [0.05, 0.1) is 17.1 Å². The molecule has 0 fully saturated rings. The van der Waals surface area contributed by atoms with Crippen molar-refractivity contribution in [3.05, 3.63) is 77.5 Å². The Hall–Kier alpha value is -2.72. The summed E-state index contributed by atoms with van der Waals surface area (Å²) in [6.45, 7) is 2.69. The van der Waals surface area contributed by atoms with E-state index in [0.717, 1.165) is 17.3 Å². The van der Waals surface area contributed by atoms with Crippen LogP contribution in [0, 0.1) is 0 Å². The van der Waals surface area contributed by atoms with Crippen molar-refractivity contribution in [3.63, 3.8) is 0 Å². The number of aryl methyl sites for hydroxylation is 1. The molecule has 134 valence electrons. The summed E-state index contributed by atoms with van der Waals surface area (Å²) in [6.07, 6.45) is 2.74. The fourth-order valence-corrected chi connectivity index (χ4v) is 3.15. The summed E-state index contributed by atoms with van der Waals surface area (Å²) >= 11 is 0. The van der Waals surface area contributed by atoms with Crippen molar-refractivity contribution in [3.8, 4) is 0 Å². The predicted octanol–water partition coefficient (Wildman–Crippen LogP) is 3.83. The Kier molecular flexibility index (Phi) is 5.64. The number of hydrogen-bond donors (Lipinski definition) is 1. The van der Waals surface area contributed by atoms with Crippen molar-refractivity contribution in [1.29, 1.82) is 0 Å². The van der Waals surface area contributed by atoms with Gasteiger partial charge in [0.15, 0.2) is 0 Å². The normalized spacial score (nSPS) is 12.3. The smallest absolute Gasteiger partial charge is 0.253 e. The second kappa shape index (κ2) is 8.11. The van der Waals surface area contributed by atoms with Gasteiger partial charge in [0.25, 0.3) is 5.91 Å². The number of carbonyl (C=O) groups is 1. The number of likely N-dealkylation sites (N-methyl/N-ethyl adjacent to an activating group) is 1. The predicted molar refractivity (Wildman–Crippen MR) is 106 cm³/mol. The van der Waals surface area contributed by atoms with Crippen molar-refractivity contribution in [2.24, 2.45) is 0 Å². The molecule has 0 saturated carbocycles. The molecule has 0 bridgehead atoms. The van der Waals surface area contributed by atoms with Gasteiger partial charge < -0.3 is 10.2 Å². The Morgan fingerprint density at radius 1 is 1.08 bits per heavy atom. The van der Waals surface area contributed by atoms with E-state index in [0.29, 0.717) is 12.1 Å². The van der Waals surface area contributed by atoms with Crippen LogP contribution in [0.1, 0.15) is 34.5 Å². The van der Waals surface area contributed by atoms with E-state index >= 15 is 0 Å². The van der Waals surface area contributed by atoms with Gasteiger partial charge in [-0.2, -0.15) is 0 Å². The summed E-state index contributed by atoms with van der Waals surface area (Å²) in [5, 5.41) is 4.05. The summed E-state index contributed by atoms with van der Waals surface area (Å²) in [7, 11) is 4.06. The lowest BCUT2D eigenvalue weighted by atomic mass is 10.0. The Morgan fingerprint density at radius 2 is 1.81 bits per heavy atom. The first-order valence-corrected chi connectivity index (χ1v) is 8.97. The zero-order valence-corrected chi connectivity index (χ0v) is 15.6. The number of para-hydroxylation sites is 1. The first-order chi connectivity index (χ1) is 12.6. The molecule has 4 heteroatoms. The molecule has 0 radical (unpaired) electrons. The van der Waals surface area contributed by atoms with E-state index in [1.54, 1.807) is 6.20 Å². The number of nitrogens with zero attached hydrogens (tertiary/aromatic N) is 2. The summed E-state index contributed by atoms with van der Waals surface area (Å²) in [5.74, 6) is -0.0914. The minimum atomic E-state index is -0.0914. The highest BCUT2D eigenvalue weighted by molar-refractivity contribution is 6.05. The topological polar surface area (TPSA) is 45.2 Å². The van der Waals surface area contributed by atoms with E-state index < -0.39 is 0 Å². The number of amides is 1. The van der Waals surface area contributed by atoms with Gasteiger partial charge >= 0.3 is 0 Å². The molecular weight excluding hydrogens is 322 g/mol. The monoisotopic (exact) mass is 347 g/mol. The maximum absolute atomic E-state index is 12.7. The van der Waals surface area contributed by atoms with Gasteiger partial charge in [-0.1, -0.05) is 49.4 Å². The van der Waals surface area contributed by atoms with Gasteiger partial charge in [-0.3, -0.25) is 9.78 Å². The first-order valence-electron chi connectivity index (χ1n) is 8.97. The lowest BCUT2D eigenvalue weighted by Gasteiger charge is -2.25. The fraction of sp³-hybridized carbons (Fsp3) is 0.273. The quantitative estimate of drug-likeness (QED) is 0.737.